The van der Waals surface area contributed by atoms with E-state index in [9.17, 15) is 10.4 Å². The molecule has 30 heavy (non-hydrogen) atoms. The third-order valence-corrected chi connectivity index (χ3v) is 5.47. The molecule has 0 radical (unpaired) electrons. The van der Waals surface area contributed by atoms with Crippen molar-refractivity contribution in [2.45, 2.75) is 6.42 Å². The van der Waals surface area contributed by atoms with Gasteiger partial charge in [0.25, 0.3) is 0 Å². The van der Waals surface area contributed by atoms with Crippen LogP contribution in [0.2, 0.25) is 10.0 Å². The van der Waals surface area contributed by atoms with Crippen LogP contribution in [0.4, 0.5) is 5.69 Å². The van der Waals surface area contributed by atoms with Gasteiger partial charge in [0.1, 0.15) is 6.07 Å². The average Bonchev–Trinajstić information content (AvgIpc) is 2.77. The Morgan fingerprint density at radius 1 is 0.967 bits per heavy atom. The normalized spacial score (nSPS) is 10.7. The lowest BCUT2D eigenvalue weighted by atomic mass is 10.0. The fraction of sp³-hybridized carbons (Fsp3) is 0.0833. The molecule has 0 saturated heterocycles. The number of pyridine rings is 1. The first kappa shape index (κ1) is 20.0. The SMILES string of the molecule is N#Cc1cnc2ccc(-c3cc(Cl)c(O)c(Cl)c3)cc2c1NCCc1ccccc1. The van der Waals surface area contributed by atoms with Crippen molar-refractivity contribution in [3.05, 3.63) is 88.0 Å². The molecule has 0 aliphatic heterocycles. The Morgan fingerprint density at radius 3 is 2.40 bits per heavy atom. The molecule has 3 aromatic carbocycles. The van der Waals surface area contributed by atoms with Crippen molar-refractivity contribution in [3.8, 4) is 22.9 Å². The number of halogens is 2. The summed E-state index contributed by atoms with van der Waals surface area (Å²) >= 11 is 12.2. The van der Waals surface area contributed by atoms with Gasteiger partial charge in [-0.1, -0.05) is 59.6 Å². The highest BCUT2D eigenvalue weighted by molar-refractivity contribution is 6.37. The van der Waals surface area contributed by atoms with E-state index >= 15 is 0 Å². The molecule has 4 rings (SSSR count). The minimum atomic E-state index is -0.139. The summed E-state index contributed by atoms with van der Waals surface area (Å²) in [5.41, 5.74) is 4.84. The van der Waals surface area contributed by atoms with Crippen molar-refractivity contribution in [2.75, 3.05) is 11.9 Å². The Labute approximate surface area is 184 Å². The summed E-state index contributed by atoms with van der Waals surface area (Å²) in [4.78, 5) is 4.41. The van der Waals surface area contributed by atoms with Gasteiger partial charge in [-0.3, -0.25) is 4.98 Å². The van der Waals surface area contributed by atoms with E-state index in [4.69, 9.17) is 23.2 Å². The highest BCUT2D eigenvalue weighted by Gasteiger charge is 2.12. The van der Waals surface area contributed by atoms with Crippen molar-refractivity contribution in [2.24, 2.45) is 0 Å². The highest BCUT2D eigenvalue weighted by Crippen LogP contribution is 2.38. The number of hydrogen-bond donors (Lipinski definition) is 2. The molecule has 4 nitrogen and oxygen atoms in total. The first-order valence-electron chi connectivity index (χ1n) is 9.36. The fourth-order valence-electron chi connectivity index (χ4n) is 3.36. The molecule has 4 aromatic rings. The zero-order valence-electron chi connectivity index (χ0n) is 15.9. The Balaban J connectivity index is 1.73. The highest BCUT2D eigenvalue weighted by atomic mass is 35.5. The van der Waals surface area contributed by atoms with Crippen molar-refractivity contribution in [3.63, 3.8) is 0 Å². The number of hydrogen-bond acceptors (Lipinski definition) is 4. The number of nitrogens with one attached hydrogen (secondary N) is 1. The van der Waals surface area contributed by atoms with Gasteiger partial charge in [0.2, 0.25) is 0 Å². The molecule has 0 aliphatic rings. The van der Waals surface area contributed by atoms with Crippen molar-refractivity contribution >= 4 is 39.8 Å². The van der Waals surface area contributed by atoms with E-state index in [-0.39, 0.29) is 15.8 Å². The summed E-state index contributed by atoms with van der Waals surface area (Å²) in [6, 6.07) is 21.5. The van der Waals surface area contributed by atoms with Crippen LogP contribution in [0, 0.1) is 11.3 Å². The van der Waals surface area contributed by atoms with E-state index in [1.807, 2.05) is 36.4 Å². The maximum atomic E-state index is 9.83. The molecule has 148 valence electrons. The summed E-state index contributed by atoms with van der Waals surface area (Å²) in [6.45, 7) is 0.679. The maximum Gasteiger partial charge on any atom is 0.152 e. The molecule has 2 N–H and O–H groups in total. The number of nitriles is 1. The lowest BCUT2D eigenvalue weighted by Gasteiger charge is -2.13. The number of phenols is 1. The molecular weight excluding hydrogens is 417 g/mol. The predicted octanol–water partition coefficient (Wildman–Crippen LogP) is 6.44. The van der Waals surface area contributed by atoms with Gasteiger partial charge in [-0.15, -0.1) is 0 Å². The zero-order chi connectivity index (χ0) is 21.1. The van der Waals surface area contributed by atoms with Crippen molar-refractivity contribution < 1.29 is 5.11 Å². The van der Waals surface area contributed by atoms with Gasteiger partial charge in [0, 0.05) is 18.1 Å². The van der Waals surface area contributed by atoms with E-state index in [1.165, 1.54) is 5.56 Å². The van der Waals surface area contributed by atoms with E-state index in [2.05, 4.69) is 28.5 Å². The molecule has 0 aliphatic carbocycles. The van der Waals surface area contributed by atoms with Crippen LogP contribution in [0.25, 0.3) is 22.0 Å². The number of aromatic hydroxyl groups is 1. The molecule has 1 aromatic heterocycles. The van der Waals surface area contributed by atoms with Gasteiger partial charge in [-0.05, 0) is 47.4 Å². The van der Waals surface area contributed by atoms with Crippen LogP contribution < -0.4 is 5.32 Å². The zero-order valence-corrected chi connectivity index (χ0v) is 17.4. The molecule has 0 bridgehead atoms. The van der Waals surface area contributed by atoms with E-state index < -0.39 is 0 Å². The number of phenolic OH excluding ortho intramolecular Hbond substituents is 1. The molecule has 0 saturated carbocycles. The first-order chi connectivity index (χ1) is 14.6. The monoisotopic (exact) mass is 433 g/mol. The average molecular weight is 434 g/mol. The summed E-state index contributed by atoms with van der Waals surface area (Å²) in [5, 5.41) is 24.0. The Kier molecular flexibility index (Phi) is 5.76. The lowest BCUT2D eigenvalue weighted by Crippen LogP contribution is -2.07. The second-order valence-electron chi connectivity index (χ2n) is 6.84. The third-order valence-electron chi connectivity index (χ3n) is 4.90. The van der Waals surface area contributed by atoms with Gasteiger partial charge in [0.05, 0.1) is 26.8 Å². The van der Waals surface area contributed by atoms with Crippen LogP contribution in [0.15, 0.2) is 66.9 Å². The van der Waals surface area contributed by atoms with Crippen LogP contribution in [0.1, 0.15) is 11.1 Å². The summed E-state index contributed by atoms with van der Waals surface area (Å²) in [5.74, 6) is -0.139. The molecule has 0 fully saturated rings. The van der Waals surface area contributed by atoms with Crippen LogP contribution in [0.5, 0.6) is 5.75 Å². The second kappa shape index (κ2) is 8.62. The summed E-state index contributed by atoms with van der Waals surface area (Å²) < 4.78 is 0. The molecular formula is C24H17Cl2N3O. The van der Waals surface area contributed by atoms with E-state index in [1.54, 1.807) is 18.3 Å². The van der Waals surface area contributed by atoms with Gasteiger partial charge < -0.3 is 10.4 Å². The van der Waals surface area contributed by atoms with E-state index in [0.717, 1.165) is 34.1 Å². The summed E-state index contributed by atoms with van der Waals surface area (Å²) in [7, 11) is 0. The lowest BCUT2D eigenvalue weighted by molar-refractivity contribution is 0.476. The van der Waals surface area contributed by atoms with Crippen LogP contribution in [-0.4, -0.2) is 16.6 Å². The van der Waals surface area contributed by atoms with Crippen LogP contribution in [-0.2, 0) is 6.42 Å². The third kappa shape index (κ3) is 4.04. The molecule has 6 heteroatoms. The summed E-state index contributed by atoms with van der Waals surface area (Å²) in [6.07, 6.45) is 2.42. The predicted molar refractivity (Wildman–Crippen MR) is 122 cm³/mol. The minimum Gasteiger partial charge on any atom is -0.505 e. The molecule has 1 heterocycles. The van der Waals surface area contributed by atoms with Gasteiger partial charge in [-0.25, -0.2) is 0 Å². The number of benzene rings is 3. The number of aromatic nitrogens is 1. The van der Waals surface area contributed by atoms with Gasteiger partial charge in [-0.2, -0.15) is 5.26 Å². The Morgan fingerprint density at radius 2 is 1.70 bits per heavy atom. The Hall–Kier alpha value is -3.26. The van der Waals surface area contributed by atoms with E-state index in [0.29, 0.717) is 12.1 Å². The fourth-order valence-corrected chi connectivity index (χ4v) is 3.84. The number of fused-ring (bicyclic) bond motifs is 1. The molecule has 0 unspecified atom stereocenters. The Bertz CT molecular complexity index is 1240. The topological polar surface area (TPSA) is 68.9 Å². The molecule has 0 amide bonds. The second-order valence-corrected chi connectivity index (χ2v) is 7.66. The molecule has 0 atom stereocenters. The minimum absolute atomic E-state index is 0.139. The van der Waals surface area contributed by atoms with Crippen LogP contribution in [0.3, 0.4) is 0 Å². The number of rotatable bonds is 5. The standard InChI is InChI=1S/C24H17Cl2N3O/c25-20-11-17(12-21(26)24(20)30)16-6-7-22-19(10-16)23(18(13-27)14-29-22)28-9-8-15-4-2-1-3-5-15/h1-7,10-12,14,30H,8-9H2,(H,28,29). The van der Waals surface area contributed by atoms with Gasteiger partial charge in [0.15, 0.2) is 5.75 Å². The molecule has 0 spiro atoms. The van der Waals surface area contributed by atoms with Crippen molar-refractivity contribution in [1.82, 2.24) is 4.98 Å². The number of anilines is 1. The van der Waals surface area contributed by atoms with Crippen molar-refractivity contribution in [1.29, 1.82) is 5.26 Å². The van der Waals surface area contributed by atoms with Gasteiger partial charge >= 0.3 is 0 Å². The quantitative estimate of drug-likeness (QED) is 0.379. The first-order valence-corrected chi connectivity index (χ1v) is 10.1. The number of nitrogens with zero attached hydrogens (tertiary/aromatic N) is 2. The maximum absolute atomic E-state index is 9.83. The van der Waals surface area contributed by atoms with Crippen LogP contribution >= 0.6 is 23.2 Å². The largest absolute Gasteiger partial charge is 0.505 e. The smallest absolute Gasteiger partial charge is 0.152 e.